The van der Waals surface area contributed by atoms with E-state index in [4.69, 9.17) is 4.98 Å². The van der Waals surface area contributed by atoms with Crippen LogP contribution in [0.15, 0.2) is 116 Å². The number of thiazole rings is 1. The fraction of sp³-hybridized carbons (Fsp3) is 0.288. The Morgan fingerprint density at radius 1 is 0.453 bits per heavy atom. The summed E-state index contributed by atoms with van der Waals surface area (Å²) in [7, 11) is 17.9. The molecule has 0 aliphatic rings. The molecule has 9 amide bonds. The predicted molar refractivity (Wildman–Crippen MR) is 365 cm³/mol. The van der Waals surface area contributed by atoms with Crippen molar-refractivity contribution in [3.63, 3.8) is 0 Å². The van der Waals surface area contributed by atoms with Gasteiger partial charge in [0.15, 0.2) is 0 Å². The molecule has 0 spiro atoms. The number of nitrogens with zero attached hydrogens (tertiary/aromatic N) is 10. The van der Waals surface area contributed by atoms with E-state index in [-0.39, 0.29) is 60.0 Å². The summed E-state index contributed by atoms with van der Waals surface area (Å²) in [6.07, 6.45) is 13.8. The summed E-state index contributed by atoms with van der Waals surface area (Å²) in [6.45, 7) is 3.92. The minimum absolute atomic E-state index is 0.0648. The lowest BCUT2D eigenvalue weighted by atomic mass is 10.2. The minimum Gasteiger partial charge on any atom is -0.359 e. The van der Waals surface area contributed by atoms with Gasteiger partial charge < -0.3 is 84.7 Å². The molecule has 0 fully saturated rings. The molecule has 0 saturated heterocycles. The Morgan fingerprint density at radius 3 is 1.45 bits per heavy atom. The minimum atomic E-state index is -0.443. The van der Waals surface area contributed by atoms with Crippen LogP contribution in [-0.4, -0.2) is 147 Å². The first-order valence-electron chi connectivity index (χ1n) is 30.3. The molecule has 10 rings (SSSR count). The van der Waals surface area contributed by atoms with Crippen LogP contribution in [0.25, 0.3) is 32.0 Å². The highest BCUT2D eigenvalue weighted by molar-refractivity contribution is 7.21. The van der Waals surface area contributed by atoms with Gasteiger partial charge in [0.2, 0.25) is 11.8 Å². The molecule has 8 aromatic heterocycles. The summed E-state index contributed by atoms with van der Waals surface area (Å²) in [6, 6.07) is 20.6. The van der Waals surface area contributed by atoms with Gasteiger partial charge in [0, 0.05) is 137 Å². The third kappa shape index (κ3) is 17.0. The molecule has 496 valence electrons. The second kappa shape index (κ2) is 30.0. The molecule has 0 bridgehead atoms. The summed E-state index contributed by atoms with van der Waals surface area (Å²) in [5.41, 5.74) is 9.14. The molecule has 0 aliphatic heterocycles. The second-order valence-corrected chi connectivity index (χ2v) is 24.2. The monoisotopic (exact) mass is 1310 g/mol. The van der Waals surface area contributed by atoms with Crippen LogP contribution in [-0.2, 0) is 58.9 Å². The Bertz CT molecular complexity index is 4560. The van der Waals surface area contributed by atoms with Crippen LogP contribution >= 0.6 is 11.3 Å². The number of anilines is 5. The number of nitrogens with one attached hydrogen (secondary N) is 9. The fourth-order valence-electron chi connectivity index (χ4n) is 10.4. The van der Waals surface area contributed by atoms with Gasteiger partial charge in [-0.3, -0.25) is 43.2 Å². The van der Waals surface area contributed by atoms with Crippen molar-refractivity contribution in [2.24, 2.45) is 49.3 Å². The van der Waals surface area contributed by atoms with Crippen LogP contribution in [0.5, 0.6) is 0 Å². The highest BCUT2D eigenvalue weighted by atomic mass is 32.1. The number of amides is 9. The van der Waals surface area contributed by atoms with E-state index in [1.807, 2.05) is 73.5 Å². The smallest absolute Gasteiger partial charge is 0.272 e. The van der Waals surface area contributed by atoms with E-state index in [1.54, 1.807) is 157 Å². The molecular weight excluding hydrogens is 1230 g/mol. The van der Waals surface area contributed by atoms with Crippen LogP contribution in [0.1, 0.15) is 104 Å². The summed E-state index contributed by atoms with van der Waals surface area (Å²) in [5, 5.41) is 25.9. The Morgan fingerprint density at radius 2 is 0.916 bits per heavy atom. The lowest BCUT2D eigenvalue weighted by Gasteiger charge is -2.10. The molecule has 0 unspecified atom stereocenters. The first-order valence-corrected chi connectivity index (χ1v) is 31.1. The molecule has 0 atom stereocenters. The van der Waals surface area contributed by atoms with Gasteiger partial charge >= 0.3 is 0 Å². The van der Waals surface area contributed by atoms with Gasteiger partial charge in [0.25, 0.3) is 41.4 Å². The lowest BCUT2D eigenvalue weighted by Crippen LogP contribution is -2.32. The van der Waals surface area contributed by atoms with E-state index in [1.165, 1.54) is 11.3 Å². The van der Waals surface area contributed by atoms with E-state index in [9.17, 15) is 43.2 Å². The van der Waals surface area contributed by atoms with E-state index in [2.05, 4.69) is 52.8 Å². The molecule has 2 aromatic carbocycles. The fourth-order valence-corrected chi connectivity index (χ4v) is 11.4. The number of hydrogen-bond acceptors (Lipinski definition) is 13. The van der Waals surface area contributed by atoms with Gasteiger partial charge in [-0.15, -0.1) is 11.3 Å². The molecule has 0 radical (unpaired) electrons. The highest BCUT2D eigenvalue weighted by Crippen LogP contribution is 2.33. The van der Waals surface area contributed by atoms with Crippen LogP contribution in [0.4, 0.5) is 28.4 Å². The van der Waals surface area contributed by atoms with Crippen LogP contribution in [0.2, 0.25) is 0 Å². The topological polar surface area (TPSA) is 325 Å². The molecule has 10 aromatic rings. The number of carbonyl (C=O) groups excluding carboxylic acids is 9. The van der Waals surface area contributed by atoms with Crippen molar-refractivity contribution in [1.82, 2.24) is 68.1 Å². The average Bonchev–Trinajstić information content (AvgIpc) is 1.70. The number of carbonyl (C=O) groups is 9. The largest absolute Gasteiger partial charge is 0.359 e. The van der Waals surface area contributed by atoms with Gasteiger partial charge in [-0.2, -0.15) is 0 Å². The van der Waals surface area contributed by atoms with E-state index in [0.717, 1.165) is 45.0 Å². The van der Waals surface area contributed by atoms with Crippen molar-refractivity contribution in [3.05, 3.63) is 161 Å². The molecule has 28 nitrogen and oxygen atoms in total. The maximum Gasteiger partial charge on any atom is 0.272 e. The zero-order valence-corrected chi connectivity index (χ0v) is 55.5. The Hall–Kier alpha value is -11.3. The maximum atomic E-state index is 13.3. The van der Waals surface area contributed by atoms with E-state index < -0.39 is 11.8 Å². The number of aromatic nitrogens is 9. The average molecular weight is 1310 g/mol. The van der Waals surface area contributed by atoms with Crippen LogP contribution in [0.3, 0.4) is 0 Å². The zero-order valence-electron chi connectivity index (χ0n) is 54.7. The van der Waals surface area contributed by atoms with Crippen molar-refractivity contribution in [2.75, 3.05) is 73.9 Å². The number of imidazole rings is 1. The summed E-state index contributed by atoms with van der Waals surface area (Å²) >= 11 is 1.48. The number of benzene rings is 2. The SMILES string of the molecule is CNC(=O)CCCNC(=O)c1ccc2sc(-c3cc(NC(=O)c4cc(NC(=O)c5ccc6c(c5)ncn6C)cn4C)cn3C)nc2c1.Cc1cc(C(=O)Nc2cc(C(=O)Nc3cc(C(=O)Nc4cc(C(=O)NCCC(=O)NCCCN(C)C)n(C)c4)n(C)c3)n(C)c2)n(C)c1. The van der Waals surface area contributed by atoms with Gasteiger partial charge in [0.1, 0.15) is 33.5 Å². The number of hydrogen-bond donors (Lipinski definition) is 9. The van der Waals surface area contributed by atoms with Gasteiger partial charge in [-0.25, -0.2) is 9.97 Å². The third-order valence-electron chi connectivity index (χ3n) is 15.4. The van der Waals surface area contributed by atoms with Crippen LogP contribution < -0.4 is 47.9 Å². The summed E-state index contributed by atoms with van der Waals surface area (Å²) in [5.74, 6) is -2.60. The number of fused-ring (bicyclic) bond motifs is 2. The van der Waals surface area contributed by atoms with E-state index >= 15 is 0 Å². The van der Waals surface area contributed by atoms with Crippen molar-refractivity contribution >= 4 is 114 Å². The summed E-state index contributed by atoms with van der Waals surface area (Å²) < 4.78 is 12.8. The number of aryl methyl sites for hydroxylation is 8. The van der Waals surface area contributed by atoms with Crippen molar-refractivity contribution in [1.29, 1.82) is 0 Å². The first kappa shape index (κ1) is 68.0. The molecular formula is C66H77N19O9S. The summed E-state index contributed by atoms with van der Waals surface area (Å²) in [4.78, 5) is 125. The molecule has 29 heteroatoms. The standard InChI is InChI=1S/C33H44N10O5.C33H33N9O4S/c1-21-13-25(40(4)17-21)31(46)36-23-15-27(42(6)19-23)33(48)38-24-16-28(43(7)20-24)32(47)37-22-14-26(41(5)18-22)30(45)35-11-9-29(44)34-10-8-12-39(2)3;1-34-29(43)6-5-11-35-30(44)19-8-10-28-24(13-19)39-33(47-28)27-15-22(17-41(27)3)38-32(46)26-14-21(16-40(26)2)37-31(45)20-7-9-25-23(12-20)36-18-42(25)4/h13-20H,8-12H2,1-7H3,(H,34,44)(H,35,45)(H,36,46)(H,37,47)(H,38,48);7-10,12-18H,5-6,11H2,1-4H3,(H,34,43)(H,35,44)(H,37,45)(H,38,46). The van der Waals surface area contributed by atoms with Gasteiger partial charge in [-0.05, 0) is 119 Å². The second-order valence-electron chi connectivity index (χ2n) is 23.2. The van der Waals surface area contributed by atoms with Crippen molar-refractivity contribution < 1.29 is 43.2 Å². The van der Waals surface area contributed by atoms with Crippen LogP contribution in [0, 0.1) is 6.92 Å². The maximum absolute atomic E-state index is 13.3. The number of rotatable bonds is 24. The molecule has 8 heterocycles. The predicted octanol–water partition coefficient (Wildman–Crippen LogP) is 6.58. The Balaban J connectivity index is 0.000000223. The van der Waals surface area contributed by atoms with Crippen molar-refractivity contribution in [3.8, 4) is 10.7 Å². The quantitative estimate of drug-likeness (QED) is 0.0290. The molecule has 0 saturated carbocycles. The Labute approximate surface area is 551 Å². The van der Waals surface area contributed by atoms with Gasteiger partial charge in [0.05, 0.1) is 61.7 Å². The van der Waals surface area contributed by atoms with E-state index in [0.29, 0.717) is 93.8 Å². The third-order valence-corrected chi connectivity index (χ3v) is 16.4. The first-order chi connectivity index (χ1) is 45.3. The van der Waals surface area contributed by atoms with Gasteiger partial charge in [-0.1, -0.05) is 0 Å². The Kier molecular flexibility index (Phi) is 21.5. The zero-order chi connectivity index (χ0) is 68.4. The molecule has 95 heavy (non-hydrogen) atoms. The normalized spacial score (nSPS) is 11.1. The van der Waals surface area contributed by atoms with Crippen molar-refractivity contribution in [2.45, 2.75) is 32.6 Å². The molecule has 0 aliphatic carbocycles. The lowest BCUT2D eigenvalue weighted by molar-refractivity contribution is -0.121. The highest BCUT2D eigenvalue weighted by Gasteiger charge is 2.22. The molecule has 9 N–H and O–H groups in total.